The third kappa shape index (κ3) is 3.27. The lowest BCUT2D eigenvalue weighted by atomic mass is 10.1. The first-order chi connectivity index (χ1) is 7.71. The van der Waals surface area contributed by atoms with Gasteiger partial charge in [-0.25, -0.2) is 0 Å². The maximum absolute atomic E-state index is 9.07. The molecule has 0 saturated heterocycles. The molecule has 0 radical (unpaired) electrons. The standard InChI is InChI=1S/C14H20N2/c1-4-6-13(5-2)16-14-8-7-11(3)9-12(14)10-15/h7-9,13,16H,4-6H2,1-3H3. The van der Waals surface area contributed by atoms with Gasteiger partial charge in [-0.05, 0) is 37.5 Å². The Morgan fingerprint density at radius 2 is 2.12 bits per heavy atom. The first-order valence-corrected chi connectivity index (χ1v) is 5.98. The van der Waals surface area contributed by atoms with Crippen LogP contribution in [0.4, 0.5) is 5.69 Å². The second-order valence-electron chi connectivity index (χ2n) is 4.20. The van der Waals surface area contributed by atoms with Gasteiger partial charge in [-0.3, -0.25) is 0 Å². The molecule has 1 aromatic carbocycles. The summed E-state index contributed by atoms with van der Waals surface area (Å²) in [7, 11) is 0. The van der Waals surface area contributed by atoms with Crippen molar-refractivity contribution in [3.8, 4) is 6.07 Å². The molecule has 16 heavy (non-hydrogen) atoms. The largest absolute Gasteiger partial charge is 0.381 e. The Hall–Kier alpha value is -1.49. The number of rotatable bonds is 5. The SMILES string of the molecule is CCCC(CC)Nc1ccc(C)cc1C#N. The third-order valence-corrected chi connectivity index (χ3v) is 2.79. The molecule has 1 rings (SSSR count). The van der Waals surface area contributed by atoms with Crippen LogP contribution in [0.5, 0.6) is 0 Å². The minimum absolute atomic E-state index is 0.472. The summed E-state index contributed by atoms with van der Waals surface area (Å²) in [5.74, 6) is 0. The Morgan fingerprint density at radius 3 is 2.69 bits per heavy atom. The summed E-state index contributed by atoms with van der Waals surface area (Å²) in [6.45, 7) is 6.37. The molecule has 1 N–H and O–H groups in total. The van der Waals surface area contributed by atoms with Crippen LogP contribution in [0.15, 0.2) is 18.2 Å². The van der Waals surface area contributed by atoms with Gasteiger partial charge in [-0.1, -0.05) is 26.3 Å². The molecule has 0 heterocycles. The molecule has 0 amide bonds. The Balaban J connectivity index is 2.83. The maximum atomic E-state index is 9.07. The summed E-state index contributed by atoms with van der Waals surface area (Å²) in [6, 6.07) is 8.70. The number of nitriles is 1. The molecule has 1 unspecified atom stereocenters. The normalized spacial score (nSPS) is 11.9. The highest BCUT2D eigenvalue weighted by Gasteiger charge is 2.08. The number of aryl methyl sites for hydroxylation is 1. The molecule has 0 aliphatic heterocycles. The van der Waals surface area contributed by atoms with E-state index in [0.29, 0.717) is 6.04 Å². The molecule has 0 bridgehead atoms. The zero-order valence-electron chi connectivity index (χ0n) is 10.4. The van der Waals surface area contributed by atoms with E-state index in [1.807, 2.05) is 25.1 Å². The number of nitrogens with zero attached hydrogens (tertiary/aromatic N) is 1. The van der Waals surface area contributed by atoms with Crippen molar-refractivity contribution in [2.24, 2.45) is 0 Å². The van der Waals surface area contributed by atoms with Crippen molar-refractivity contribution < 1.29 is 0 Å². The van der Waals surface area contributed by atoms with Gasteiger partial charge in [0, 0.05) is 6.04 Å². The lowest BCUT2D eigenvalue weighted by molar-refractivity contribution is 0.622. The zero-order valence-corrected chi connectivity index (χ0v) is 10.4. The smallest absolute Gasteiger partial charge is 0.101 e. The highest BCUT2D eigenvalue weighted by atomic mass is 14.9. The first-order valence-electron chi connectivity index (χ1n) is 5.98. The summed E-state index contributed by atoms with van der Waals surface area (Å²) in [5, 5.41) is 12.5. The number of benzene rings is 1. The van der Waals surface area contributed by atoms with E-state index in [1.54, 1.807) is 0 Å². The van der Waals surface area contributed by atoms with E-state index < -0.39 is 0 Å². The predicted octanol–water partition coefficient (Wildman–Crippen LogP) is 3.86. The topological polar surface area (TPSA) is 35.8 Å². The Kier molecular flexibility index (Phi) is 4.85. The predicted molar refractivity (Wildman–Crippen MR) is 68.5 cm³/mol. The van der Waals surface area contributed by atoms with Gasteiger partial charge < -0.3 is 5.32 Å². The van der Waals surface area contributed by atoms with Crippen LogP contribution in [0, 0.1) is 18.3 Å². The fourth-order valence-electron chi connectivity index (χ4n) is 1.82. The van der Waals surface area contributed by atoms with Crippen LogP contribution in [0.25, 0.3) is 0 Å². The minimum Gasteiger partial charge on any atom is -0.381 e. The average molecular weight is 216 g/mol. The second-order valence-corrected chi connectivity index (χ2v) is 4.20. The van der Waals surface area contributed by atoms with Crippen molar-refractivity contribution in [3.05, 3.63) is 29.3 Å². The van der Waals surface area contributed by atoms with Crippen molar-refractivity contribution in [3.63, 3.8) is 0 Å². The highest BCUT2D eigenvalue weighted by molar-refractivity contribution is 5.58. The molecule has 0 spiro atoms. The van der Waals surface area contributed by atoms with E-state index >= 15 is 0 Å². The van der Waals surface area contributed by atoms with Gasteiger partial charge in [0.05, 0.1) is 11.3 Å². The lowest BCUT2D eigenvalue weighted by Crippen LogP contribution is -2.18. The number of nitrogens with one attached hydrogen (secondary N) is 1. The molecule has 2 heteroatoms. The third-order valence-electron chi connectivity index (χ3n) is 2.79. The van der Waals surface area contributed by atoms with Crippen LogP contribution in [-0.2, 0) is 0 Å². The van der Waals surface area contributed by atoms with Crippen LogP contribution in [-0.4, -0.2) is 6.04 Å². The van der Waals surface area contributed by atoms with Crippen LogP contribution in [0.1, 0.15) is 44.2 Å². The van der Waals surface area contributed by atoms with Gasteiger partial charge in [0.1, 0.15) is 6.07 Å². The molecule has 0 aliphatic carbocycles. The number of anilines is 1. The van der Waals surface area contributed by atoms with E-state index in [-0.39, 0.29) is 0 Å². The van der Waals surface area contributed by atoms with Crippen molar-refractivity contribution in [1.82, 2.24) is 0 Å². The quantitative estimate of drug-likeness (QED) is 0.811. The van der Waals surface area contributed by atoms with E-state index in [1.165, 1.54) is 6.42 Å². The molecular formula is C14H20N2. The molecule has 1 aromatic rings. The molecule has 1 atom stereocenters. The monoisotopic (exact) mass is 216 g/mol. The van der Waals surface area contributed by atoms with Gasteiger partial charge in [0.25, 0.3) is 0 Å². The highest BCUT2D eigenvalue weighted by Crippen LogP contribution is 2.19. The van der Waals surface area contributed by atoms with Crippen molar-refractivity contribution in [2.45, 2.75) is 46.1 Å². The van der Waals surface area contributed by atoms with Crippen LogP contribution in [0.3, 0.4) is 0 Å². The Morgan fingerprint density at radius 1 is 1.38 bits per heavy atom. The molecule has 86 valence electrons. The fraction of sp³-hybridized carbons (Fsp3) is 0.500. The van der Waals surface area contributed by atoms with Gasteiger partial charge in [-0.15, -0.1) is 0 Å². The van der Waals surface area contributed by atoms with Gasteiger partial charge in [0.2, 0.25) is 0 Å². The second kappa shape index (κ2) is 6.17. The van der Waals surface area contributed by atoms with E-state index in [9.17, 15) is 0 Å². The molecule has 0 aromatic heterocycles. The minimum atomic E-state index is 0.472. The summed E-state index contributed by atoms with van der Waals surface area (Å²) < 4.78 is 0. The van der Waals surface area contributed by atoms with Gasteiger partial charge >= 0.3 is 0 Å². The lowest BCUT2D eigenvalue weighted by Gasteiger charge is -2.18. The summed E-state index contributed by atoms with van der Waals surface area (Å²) in [5.41, 5.74) is 2.84. The van der Waals surface area contributed by atoms with E-state index in [2.05, 4.69) is 25.2 Å². The van der Waals surface area contributed by atoms with E-state index in [0.717, 1.165) is 29.7 Å². The zero-order chi connectivity index (χ0) is 12.0. The van der Waals surface area contributed by atoms with Crippen molar-refractivity contribution in [1.29, 1.82) is 5.26 Å². The van der Waals surface area contributed by atoms with Crippen LogP contribution in [0.2, 0.25) is 0 Å². The average Bonchev–Trinajstić information content (AvgIpc) is 2.30. The van der Waals surface area contributed by atoms with Crippen molar-refractivity contribution >= 4 is 5.69 Å². The van der Waals surface area contributed by atoms with Crippen LogP contribution >= 0.6 is 0 Å². The van der Waals surface area contributed by atoms with Gasteiger partial charge in [0.15, 0.2) is 0 Å². The molecule has 0 saturated carbocycles. The molecular weight excluding hydrogens is 196 g/mol. The molecule has 2 nitrogen and oxygen atoms in total. The van der Waals surface area contributed by atoms with Gasteiger partial charge in [-0.2, -0.15) is 5.26 Å². The first kappa shape index (κ1) is 12.6. The fourth-order valence-corrected chi connectivity index (χ4v) is 1.82. The Labute approximate surface area is 98.3 Å². The van der Waals surface area contributed by atoms with E-state index in [4.69, 9.17) is 5.26 Å². The summed E-state index contributed by atoms with van der Waals surface area (Å²) >= 11 is 0. The van der Waals surface area contributed by atoms with Crippen molar-refractivity contribution in [2.75, 3.05) is 5.32 Å². The van der Waals surface area contributed by atoms with Crippen LogP contribution < -0.4 is 5.32 Å². The summed E-state index contributed by atoms with van der Waals surface area (Å²) in [6.07, 6.45) is 3.40. The molecule has 0 fully saturated rings. The number of hydrogen-bond donors (Lipinski definition) is 1. The summed E-state index contributed by atoms with van der Waals surface area (Å²) in [4.78, 5) is 0. The number of hydrogen-bond acceptors (Lipinski definition) is 2. The molecule has 0 aliphatic rings. The Bertz CT molecular complexity index is 377. The maximum Gasteiger partial charge on any atom is 0.101 e.